The molecule has 0 rings (SSSR count). The number of carbonyl (C=O) groups excluding carboxylic acids is 1. The Morgan fingerprint density at radius 2 is 2.08 bits per heavy atom. The summed E-state index contributed by atoms with van der Waals surface area (Å²) < 4.78 is 4.59. The minimum Gasteiger partial charge on any atom is -0.465 e. The van der Waals surface area contributed by atoms with Crippen LogP contribution in [0.4, 0.5) is 0 Å². The number of hydrogen-bond acceptors (Lipinski definition) is 2. The molecule has 0 N–H and O–H groups in total. The maximum atomic E-state index is 11.1. The molecule has 12 heavy (non-hydrogen) atoms. The number of methoxy groups -OCH3 is 1. The van der Waals surface area contributed by atoms with Crippen LogP contribution in [-0.4, -0.2) is 13.1 Å². The fourth-order valence-corrected chi connectivity index (χ4v) is 0.883. The minimum absolute atomic E-state index is 0.312. The third kappa shape index (κ3) is 2.74. The Kier molecular flexibility index (Phi) is 4.77. The summed E-state index contributed by atoms with van der Waals surface area (Å²) in [6.45, 7) is 7.19. The van der Waals surface area contributed by atoms with Crippen LogP contribution in [-0.2, 0) is 9.53 Å². The largest absolute Gasteiger partial charge is 0.465 e. The number of ether oxygens (including phenoxy) is 1. The topological polar surface area (TPSA) is 26.3 Å². The molecule has 0 bridgehead atoms. The van der Waals surface area contributed by atoms with Crippen molar-refractivity contribution in [3.05, 3.63) is 36.0 Å². The van der Waals surface area contributed by atoms with Crippen LogP contribution in [0.1, 0.15) is 13.8 Å². The normalized spacial score (nSPS) is 12.6. The maximum absolute atomic E-state index is 11.1. The van der Waals surface area contributed by atoms with Gasteiger partial charge in [0.05, 0.1) is 12.7 Å². The van der Waals surface area contributed by atoms with Crippen LogP contribution in [0.5, 0.6) is 0 Å². The predicted octanol–water partition coefficient (Wildman–Crippen LogP) is 2.24. The van der Waals surface area contributed by atoms with Crippen molar-refractivity contribution in [3.8, 4) is 0 Å². The Balaban J connectivity index is 4.70. The first-order valence-electron chi connectivity index (χ1n) is 3.71. The fraction of sp³-hybridized carbons (Fsp3) is 0.300. The summed E-state index contributed by atoms with van der Waals surface area (Å²) in [5, 5.41) is 0. The van der Waals surface area contributed by atoms with E-state index in [0.29, 0.717) is 5.57 Å². The van der Waals surface area contributed by atoms with E-state index in [1.54, 1.807) is 25.2 Å². The second-order valence-corrected chi connectivity index (χ2v) is 2.28. The van der Waals surface area contributed by atoms with Gasteiger partial charge in [-0.05, 0) is 19.4 Å². The van der Waals surface area contributed by atoms with Gasteiger partial charge in [0.25, 0.3) is 0 Å². The summed E-state index contributed by atoms with van der Waals surface area (Å²) in [5.74, 6) is -0.312. The standard InChI is InChI=1S/C10H14O2/c1-5-7-8(3)9(6-2)10(11)12-4/h5-7H,1H2,2-4H3/b8-7-,9-6+. The molecule has 66 valence electrons. The van der Waals surface area contributed by atoms with Crippen LogP contribution < -0.4 is 0 Å². The van der Waals surface area contributed by atoms with E-state index < -0.39 is 0 Å². The Morgan fingerprint density at radius 3 is 2.42 bits per heavy atom. The summed E-state index contributed by atoms with van der Waals surface area (Å²) in [7, 11) is 1.37. The third-order valence-electron chi connectivity index (χ3n) is 1.49. The highest BCUT2D eigenvalue weighted by Crippen LogP contribution is 2.10. The molecule has 0 heterocycles. The van der Waals surface area contributed by atoms with Gasteiger partial charge < -0.3 is 4.74 Å². The van der Waals surface area contributed by atoms with E-state index in [9.17, 15) is 4.79 Å². The lowest BCUT2D eigenvalue weighted by molar-refractivity contribution is -0.135. The van der Waals surface area contributed by atoms with Crippen molar-refractivity contribution in [2.75, 3.05) is 7.11 Å². The molecule has 0 radical (unpaired) electrons. The first-order valence-corrected chi connectivity index (χ1v) is 3.71. The van der Waals surface area contributed by atoms with E-state index in [4.69, 9.17) is 0 Å². The Labute approximate surface area is 73.2 Å². The summed E-state index contributed by atoms with van der Waals surface area (Å²) in [6.07, 6.45) is 5.13. The maximum Gasteiger partial charge on any atom is 0.337 e. The van der Waals surface area contributed by atoms with Gasteiger partial charge in [-0.2, -0.15) is 0 Å². The first-order chi connectivity index (χ1) is 5.67. The highest BCUT2D eigenvalue weighted by molar-refractivity contribution is 5.93. The van der Waals surface area contributed by atoms with Crippen molar-refractivity contribution in [1.29, 1.82) is 0 Å². The van der Waals surface area contributed by atoms with E-state index in [2.05, 4.69) is 11.3 Å². The molecule has 0 spiro atoms. The van der Waals surface area contributed by atoms with Crippen molar-refractivity contribution in [3.63, 3.8) is 0 Å². The highest BCUT2D eigenvalue weighted by Gasteiger charge is 2.08. The minimum atomic E-state index is -0.312. The summed E-state index contributed by atoms with van der Waals surface area (Å²) >= 11 is 0. The molecule has 0 fully saturated rings. The molecule has 0 aliphatic heterocycles. The molecular formula is C10H14O2. The zero-order chi connectivity index (χ0) is 9.56. The fourth-order valence-electron chi connectivity index (χ4n) is 0.883. The molecule has 0 saturated carbocycles. The smallest absolute Gasteiger partial charge is 0.337 e. The van der Waals surface area contributed by atoms with Crippen LogP contribution >= 0.6 is 0 Å². The van der Waals surface area contributed by atoms with Gasteiger partial charge in [-0.15, -0.1) is 0 Å². The molecule has 0 aromatic heterocycles. The number of rotatable bonds is 3. The van der Waals surface area contributed by atoms with Crippen LogP contribution in [0.25, 0.3) is 0 Å². The number of hydrogen-bond donors (Lipinski definition) is 0. The van der Waals surface area contributed by atoms with Gasteiger partial charge in [-0.1, -0.05) is 24.8 Å². The monoisotopic (exact) mass is 166 g/mol. The van der Waals surface area contributed by atoms with E-state index in [-0.39, 0.29) is 5.97 Å². The molecule has 2 heteroatoms. The highest BCUT2D eigenvalue weighted by atomic mass is 16.5. The van der Waals surface area contributed by atoms with Gasteiger partial charge in [0, 0.05) is 0 Å². The van der Waals surface area contributed by atoms with Crippen LogP contribution in [0, 0.1) is 0 Å². The second-order valence-electron chi connectivity index (χ2n) is 2.28. The first kappa shape index (κ1) is 10.7. The van der Waals surface area contributed by atoms with Gasteiger partial charge in [0.15, 0.2) is 0 Å². The molecule has 0 amide bonds. The zero-order valence-corrected chi connectivity index (χ0v) is 7.76. The summed E-state index contributed by atoms with van der Waals surface area (Å²) in [5.41, 5.74) is 1.44. The molecule has 0 atom stereocenters. The average Bonchev–Trinajstić information content (AvgIpc) is 2.06. The molecular weight excluding hydrogens is 152 g/mol. The van der Waals surface area contributed by atoms with Crippen LogP contribution in [0.3, 0.4) is 0 Å². The lowest BCUT2D eigenvalue weighted by Gasteiger charge is -2.03. The van der Waals surface area contributed by atoms with Gasteiger partial charge >= 0.3 is 5.97 Å². The molecule has 0 aliphatic rings. The molecule has 0 aliphatic carbocycles. The second kappa shape index (κ2) is 5.35. The van der Waals surface area contributed by atoms with Gasteiger partial charge in [0.1, 0.15) is 0 Å². The lowest BCUT2D eigenvalue weighted by Crippen LogP contribution is -2.05. The van der Waals surface area contributed by atoms with Crippen LogP contribution in [0.15, 0.2) is 36.0 Å². The predicted molar refractivity (Wildman–Crippen MR) is 49.7 cm³/mol. The summed E-state index contributed by atoms with van der Waals surface area (Å²) in [6, 6.07) is 0. The van der Waals surface area contributed by atoms with Crippen molar-refractivity contribution < 1.29 is 9.53 Å². The van der Waals surface area contributed by atoms with E-state index in [0.717, 1.165) is 5.57 Å². The van der Waals surface area contributed by atoms with Gasteiger partial charge in [-0.25, -0.2) is 4.79 Å². The Bertz CT molecular complexity index is 234. The number of carbonyl (C=O) groups is 1. The van der Waals surface area contributed by atoms with E-state index in [1.807, 2.05) is 6.92 Å². The Morgan fingerprint density at radius 1 is 1.50 bits per heavy atom. The van der Waals surface area contributed by atoms with Crippen molar-refractivity contribution >= 4 is 5.97 Å². The van der Waals surface area contributed by atoms with E-state index >= 15 is 0 Å². The Hall–Kier alpha value is -1.31. The number of allylic oxidation sites excluding steroid dienone is 3. The molecule has 0 aromatic rings. The van der Waals surface area contributed by atoms with Crippen molar-refractivity contribution in [2.24, 2.45) is 0 Å². The zero-order valence-electron chi connectivity index (χ0n) is 7.76. The van der Waals surface area contributed by atoms with Gasteiger partial charge in [-0.3, -0.25) is 0 Å². The molecule has 0 saturated heterocycles. The van der Waals surface area contributed by atoms with Crippen LogP contribution in [0.2, 0.25) is 0 Å². The molecule has 2 nitrogen and oxygen atoms in total. The average molecular weight is 166 g/mol. The molecule has 0 unspecified atom stereocenters. The molecule has 0 aromatic carbocycles. The van der Waals surface area contributed by atoms with Gasteiger partial charge in [0.2, 0.25) is 0 Å². The third-order valence-corrected chi connectivity index (χ3v) is 1.49. The SMILES string of the molecule is C=C/C=C(C)\C(=C/C)C(=O)OC. The quantitative estimate of drug-likeness (QED) is 0.365. The lowest BCUT2D eigenvalue weighted by atomic mass is 10.1. The summed E-state index contributed by atoms with van der Waals surface area (Å²) in [4.78, 5) is 11.1. The van der Waals surface area contributed by atoms with Crippen molar-refractivity contribution in [1.82, 2.24) is 0 Å². The van der Waals surface area contributed by atoms with E-state index in [1.165, 1.54) is 7.11 Å². The number of esters is 1. The van der Waals surface area contributed by atoms with Crippen molar-refractivity contribution in [2.45, 2.75) is 13.8 Å².